The SMILES string of the molecule is CCCn1ncc(NCCc2nccn2C)c(Br)c1=O. The number of aromatic nitrogens is 4. The number of aryl methyl sites for hydroxylation is 2. The number of imidazole rings is 1. The average molecular weight is 340 g/mol. The summed E-state index contributed by atoms with van der Waals surface area (Å²) in [6.45, 7) is 3.34. The molecule has 2 heterocycles. The summed E-state index contributed by atoms with van der Waals surface area (Å²) in [5.74, 6) is 1.00. The fourth-order valence-electron chi connectivity index (χ4n) is 1.91. The fourth-order valence-corrected chi connectivity index (χ4v) is 2.35. The molecule has 0 fully saturated rings. The van der Waals surface area contributed by atoms with E-state index in [1.54, 1.807) is 12.4 Å². The van der Waals surface area contributed by atoms with Crippen LogP contribution in [-0.2, 0) is 20.0 Å². The Morgan fingerprint density at radius 2 is 2.25 bits per heavy atom. The maximum atomic E-state index is 12.0. The van der Waals surface area contributed by atoms with Crippen LogP contribution < -0.4 is 10.9 Å². The van der Waals surface area contributed by atoms with E-state index in [0.717, 1.165) is 24.4 Å². The summed E-state index contributed by atoms with van der Waals surface area (Å²) in [5.41, 5.74) is 0.616. The van der Waals surface area contributed by atoms with Crippen molar-refractivity contribution in [1.82, 2.24) is 19.3 Å². The third-order valence-electron chi connectivity index (χ3n) is 3.01. The predicted molar refractivity (Wildman–Crippen MR) is 81.9 cm³/mol. The van der Waals surface area contributed by atoms with Gasteiger partial charge in [0.1, 0.15) is 10.3 Å². The zero-order valence-corrected chi connectivity index (χ0v) is 13.2. The van der Waals surface area contributed by atoms with E-state index in [-0.39, 0.29) is 5.56 Å². The maximum Gasteiger partial charge on any atom is 0.283 e. The van der Waals surface area contributed by atoms with Crippen LogP contribution in [0.3, 0.4) is 0 Å². The summed E-state index contributed by atoms with van der Waals surface area (Å²) >= 11 is 3.34. The first-order valence-electron chi connectivity index (χ1n) is 6.59. The van der Waals surface area contributed by atoms with Crippen LogP contribution in [0, 0.1) is 0 Å². The van der Waals surface area contributed by atoms with Crippen LogP contribution in [0.1, 0.15) is 19.2 Å². The molecule has 20 heavy (non-hydrogen) atoms. The third-order valence-corrected chi connectivity index (χ3v) is 3.77. The van der Waals surface area contributed by atoms with Gasteiger partial charge in [0.15, 0.2) is 0 Å². The Labute approximate surface area is 126 Å². The molecule has 0 aromatic carbocycles. The summed E-state index contributed by atoms with van der Waals surface area (Å²) in [5, 5.41) is 7.37. The molecule has 0 saturated carbocycles. The molecule has 2 aromatic rings. The van der Waals surface area contributed by atoms with Crippen LogP contribution in [0.5, 0.6) is 0 Å². The molecule has 0 bridgehead atoms. The summed E-state index contributed by atoms with van der Waals surface area (Å²) in [4.78, 5) is 16.3. The molecule has 0 aliphatic carbocycles. The van der Waals surface area contributed by atoms with Gasteiger partial charge in [-0.1, -0.05) is 6.92 Å². The molecule has 2 rings (SSSR count). The van der Waals surface area contributed by atoms with Crippen molar-refractivity contribution in [1.29, 1.82) is 0 Å². The highest BCUT2D eigenvalue weighted by molar-refractivity contribution is 9.10. The van der Waals surface area contributed by atoms with Crippen molar-refractivity contribution in [3.63, 3.8) is 0 Å². The topological polar surface area (TPSA) is 64.7 Å². The van der Waals surface area contributed by atoms with E-state index in [9.17, 15) is 4.79 Å². The molecule has 0 spiro atoms. The molecule has 0 aliphatic heterocycles. The van der Waals surface area contributed by atoms with Crippen molar-refractivity contribution in [2.24, 2.45) is 7.05 Å². The van der Waals surface area contributed by atoms with Crippen LogP contribution in [0.15, 0.2) is 27.9 Å². The van der Waals surface area contributed by atoms with Gasteiger partial charge in [0.2, 0.25) is 0 Å². The van der Waals surface area contributed by atoms with E-state index in [4.69, 9.17) is 0 Å². The standard InChI is InChI=1S/C13H18BrN5O/c1-3-7-19-13(20)12(14)10(9-17-19)15-5-4-11-16-6-8-18(11)2/h6,8-9,15H,3-5,7H2,1-2H3. The monoisotopic (exact) mass is 339 g/mol. The minimum Gasteiger partial charge on any atom is -0.382 e. The second kappa shape index (κ2) is 6.69. The lowest BCUT2D eigenvalue weighted by atomic mass is 10.3. The predicted octanol–water partition coefficient (Wildman–Crippen LogP) is 1.80. The van der Waals surface area contributed by atoms with Gasteiger partial charge in [-0.15, -0.1) is 0 Å². The summed E-state index contributed by atoms with van der Waals surface area (Å²) in [7, 11) is 1.96. The van der Waals surface area contributed by atoms with Gasteiger partial charge < -0.3 is 9.88 Å². The van der Waals surface area contributed by atoms with Gasteiger partial charge in [-0.3, -0.25) is 4.79 Å². The molecule has 0 radical (unpaired) electrons. The van der Waals surface area contributed by atoms with Gasteiger partial charge in [-0.25, -0.2) is 9.67 Å². The quantitative estimate of drug-likeness (QED) is 0.871. The normalized spacial score (nSPS) is 10.8. The van der Waals surface area contributed by atoms with Crippen molar-refractivity contribution in [2.75, 3.05) is 11.9 Å². The summed E-state index contributed by atoms with van der Waals surface area (Å²) < 4.78 is 3.98. The van der Waals surface area contributed by atoms with Crippen molar-refractivity contribution >= 4 is 21.6 Å². The smallest absolute Gasteiger partial charge is 0.283 e. The Kier molecular flexibility index (Phi) is 4.94. The second-order valence-electron chi connectivity index (χ2n) is 4.53. The minimum atomic E-state index is -0.103. The first-order chi connectivity index (χ1) is 9.63. The van der Waals surface area contributed by atoms with Crippen molar-refractivity contribution in [3.8, 4) is 0 Å². The molecular formula is C13H18BrN5O. The zero-order valence-electron chi connectivity index (χ0n) is 11.6. The Hall–Kier alpha value is -1.63. The molecule has 6 nitrogen and oxygen atoms in total. The lowest BCUT2D eigenvalue weighted by Crippen LogP contribution is -2.24. The van der Waals surface area contributed by atoms with Gasteiger partial charge >= 0.3 is 0 Å². The Morgan fingerprint density at radius 3 is 2.90 bits per heavy atom. The van der Waals surface area contributed by atoms with Crippen LogP contribution in [-0.4, -0.2) is 25.9 Å². The number of hydrogen-bond acceptors (Lipinski definition) is 4. The van der Waals surface area contributed by atoms with E-state index in [1.165, 1.54) is 4.68 Å². The van der Waals surface area contributed by atoms with E-state index in [2.05, 4.69) is 31.3 Å². The van der Waals surface area contributed by atoms with Gasteiger partial charge in [-0.2, -0.15) is 5.10 Å². The Morgan fingerprint density at radius 1 is 1.45 bits per heavy atom. The third kappa shape index (κ3) is 3.27. The van der Waals surface area contributed by atoms with Crippen molar-refractivity contribution in [2.45, 2.75) is 26.3 Å². The van der Waals surface area contributed by atoms with Crippen LogP contribution in [0.2, 0.25) is 0 Å². The van der Waals surface area contributed by atoms with Gasteiger partial charge in [-0.05, 0) is 22.4 Å². The summed E-state index contributed by atoms with van der Waals surface area (Å²) in [6, 6.07) is 0. The van der Waals surface area contributed by atoms with E-state index < -0.39 is 0 Å². The molecule has 1 N–H and O–H groups in total. The molecule has 0 aliphatic rings. The van der Waals surface area contributed by atoms with E-state index >= 15 is 0 Å². The van der Waals surface area contributed by atoms with Crippen LogP contribution in [0.4, 0.5) is 5.69 Å². The van der Waals surface area contributed by atoms with E-state index in [1.807, 2.05) is 24.7 Å². The van der Waals surface area contributed by atoms with Crippen LogP contribution >= 0.6 is 15.9 Å². The molecule has 0 atom stereocenters. The largest absolute Gasteiger partial charge is 0.382 e. The zero-order chi connectivity index (χ0) is 14.5. The van der Waals surface area contributed by atoms with Gasteiger partial charge in [0.05, 0.1) is 11.9 Å². The van der Waals surface area contributed by atoms with E-state index in [0.29, 0.717) is 17.6 Å². The number of anilines is 1. The number of rotatable bonds is 6. The molecule has 0 unspecified atom stereocenters. The maximum absolute atomic E-state index is 12.0. The molecule has 108 valence electrons. The lowest BCUT2D eigenvalue weighted by Gasteiger charge is -2.10. The Bertz CT molecular complexity index is 634. The lowest BCUT2D eigenvalue weighted by molar-refractivity contribution is 0.566. The highest BCUT2D eigenvalue weighted by atomic mass is 79.9. The molecule has 7 heteroatoms. The fraction of sp³-hybridized carbons (Fsp3) is 0.462. The molecular weight excluding hydrogens is 322 g/mol. The molecule has 0 amide bonds. The van der Waals surface area contributed by atoms with Crippen molar-refractivity contribution in [3.05, 3.63) is 39.2 Å². The second-order valence-corrected chi connectivity index (χ2v) is 5.32. The Balaban J connectivity index is 2.02. The highest BCUT2D eigenvalue weighted by Crippen LogP contribution is 2.16. The number of halogens is 1. The average Bonchev–Trinajstić information content (AvgIpc) is 2.84. The minimum absolute atomic E-state index is 0.103. The van der Waals surface area contributed by atoms with Crippen LogP contribution in [0.25, 0.3) is 0 Å². The van der Waals surface area contributed by atoms with Gasteiger partial charge in [0.25, 0.3) is 5.56 Å². The van der Waals surface area contributed by atoms with Gasteiger partial charge in [0, 0.05) is 39.0 Å². The number of nitrogens with zero attached hydrogens (tertiary/aromatic N) is 4. The molecule has 0 saturated heterocycles. The number of hydrogen-bond donors (Lipinski definition) is 1. The first-order valence-corrected chi connectivity index (χ1v) is 7.38. The number of nitrogens with one attached hydrogen (secondary N) is 1. The first kappa shape index (κ1) is 14.8. The van der Waals surface area contributed by atoms with Crippen molar-refractivity contribution < 1.29 is 0 Å². The summed E-state index contributed by atoms with van der Waals surface area (Å²) in [6.07, 6.45) is 7.04. The highest BCUT2D eigenvalue weighted by Gasteiger charge is 2.08. The molecule has 2 aromatic heterocycles.